The zero-order valence-electron chi connectivity index (χ0n) is 48.5. The zero-order chi connectivity index (χ0) is 52.2. The molecule has 0 heterocycles. The highest BCUT2D eigenvalue weighted by Crippen LogP contribution is 2.18. The summed E-state index contributed by atoms with van der Waals surface area (Å²) >= 11 is 0. The highest BCUT2D eigenvalue weighted by atomic mass is 16.6. The molecule has 0 aromatic carbocycles. The van der Waals surface area contributed by atoms with Crippen molar-refractivity contribution in [1.82, 2.24) is 0 Å². The molecule has 6 heteroatoms. The number of rotatable bonds is 59. The average molecular weight is 1010 g/mol. The van der Waals surface area contributed by atoms with Crippen LogP contribution in [0.5, 0.6) is 0 Å². The van der Waals surface area contributed by atoms with E-state index in [-0.39, 0.29) is 31.1 Å². The molecular formula is C66H122O6. The summed E-state index contributed by atoms with van der Waals surface area (Å²) in [5, 5.41) is 0. The van der Waals surface area contributed by atoms with Gasteiger partial charge in [0.2, 0.25) is 0 Å². The van der Waals surface area contributed by atoms with E-state index in [4.69, 9.17) is 14.2 Å². The largest absolute Gasteiger partial charge is 0.462 e. The van der Waals surface area contributed by atoms with Crippen LogP contribution in [0.4, 0.5) is 0 Å². The lowest BCUT2D eigenvalue weighted by molar-refractivity contribution is -0.167. The molecule has 1 unspecified atom stereocenters. The minimum atomic E-state index is -0.775. The van der Waals surface area contributed by atoms with Crippen molar-refractivity contribution < 1.29 is 28.6 Å². The van der Waals surface area contributed by atoms with Crippen LogP contribution in [-0.2, 0) is 28.6 Å². The molecule has 0 amide bonds. The minimum absolute atomic E-state index is 0.0726. The van der Waals surface area contributed by atoms with E-state index in [2.05, 4.69) is 57.2 Å². The van der Waals surface area contributed by atoms with Crippen molar-refractivity contribution in [2.45, 2.75) is 354 Å². The van der Waals surface area contributed by atoms with Gasteiger partial charge < -0.3 is 14.2 Å². The molecule has 0 bridgehead atoms. The molecule has 6 nitrogen and oxygen atoms in total. The molecule has 0 aliphatic carbocycles. The van der Waals surface area contributed by atoms with Crippen LogP contribution in [0.15, 0.2) is 36.5 Å². The molecular weight excluding hydrogens is 889 g/mol. The summed E-state index contributed by atoms with van der Waals surface area (Å²) in [5.41, 5.74) is 0. The van der Waals surface area contributed by atoms with Crippen molar-refractivity contribution in [3.05, 3.63) is 36.5 Å². The molecule has 0 aromatic heterocycles. The van der Waals surface area contributed by atoms with Gasteiger partial charge in [0.05, 0.1) is 0 Å². The fourth-order valence-corrected chi connectivity index (χ4v) is 9.54. The van der Waals surface area contributed by atoms with Crippen LogP contribution >= 0.6 is 0 Å². The number of allylic oxidation sites excluding steroid dienone is 6. The first-order chi connectivity index (χ1) is 35.5. The van der Waals surface area contributed by atoms with E-state index in [1.807, 2.05) is 0 Å². The normalized spacial score (nSPS) is 12.2. The molecule has 0 saturated carbocycles. The van der Waals surface area contributed by atoms with Gasteiger partial charge in [-0.05, 0) is 70.6 Å². The first-order valence-corrected chi connectivity index (χ1v) is 32.0. The topological polar surface area (TPSA) is 78.9 Å². The van der Waals surface area contributed by atoms with Gasteiger partial charge in [0.1, 0.15) is 13.2 Å². The predicted octanol–water partition coefficient (Wildman–Crippen LogP) is 21.6. The van der Waals surface area contributed by atoms with E-state index in [0.29, 0.717) is 19.3 Å². The summed E-state index contributed by atoms with van der Waals surface area (Å²) in [6, 6.07) is 0. The van der Waals surface area contributed by atoms with Gasteiger partial charge in [-0.15, -0.1) is 0 Å². The molecule has 0 N–H and O–H groups in total. The summed E-state index contributed by atoms with van der Waals surface area (Å²) < 4.78 is 16.9. The summed E-state index contributed by atoms with van der Waals surface area (Å²) in [6.07, 6.45) is 74.5. The van der Waals surface area contributed by atoms with Crippen molar-refractivity contribution in [2.75, 3.05) is 13.2 Å². The molecule has 0 aliphatic rings. The zero-order valence-corrected chi connectivity index (χ0v) is 48.5. The third kappa shape index (κ3) is 58.5. The minimum Gasteiger partial charge on any atom is -0.462 e. The molecule has 0 radical (unpaired) electrons. The number of carbonyl (C=O) groups is 3. The van der Waals surface area contributed by atoms with E-state index in [9.17, 15) is 14.4 Å². The van der Waals surface area contributed by atoms with E-state index < -0.39 is 6.10 Å². The van der Waals surface area contributed by atoms with Gasteiger partial charge in [-0.25, -0.2) is 0 Å². The summed E-state index contributed by atoms with van der Waals surface area (Å²) in [7, 11) is 0. The molecule has 0 aliphatic heterocycles. The fourth-order valence-electron chi connectivity index (χ4n) is 9.54. The first kappa shape index (κ1) is 69.6. The first-order valence-electron chi connectivity index (χ1n) is 32.0. The van der Waals surface area contributed by atoms with Crippen LogP contribution in [0, 0.1) is 0 Å². The van der Waals surface area contributed by atoms with Gasteiger partial charge in [-0.1, -0.05) is 295 Å². The van der Waals surface area contributed by atoms with Gasteiger partial charge in [0.15, 0.2) is 6.10 Å². The van der Waals surface area contributed by atoms with Gasteiger partial charge >= 0.3 is 17.9 Å². The predicted molar refractivity (Wildman–Crippen MR) is 312 cm³/mol. The molecule has 0 rings (SSSR count). The molecule has 72 heavy (non-hydrogen) atoms. The Morgan fingerprint density at radius 3 is 0.833 bits per heavy atom. The van der Waals surface area contributed by atoms with Crippen LogP contribution in [0.25, 0.3) is 0 Å². The lowest BCUT2D eigenvalue weighted by Gasteiger charge is -2.18. The Balaban J connectivity index is 4.21. The third-order valence-electron chi connectivity index (χ3n) is 14.3. The Morgan fingerprint density at radius 2 is 0.528 bits per heavy atom. The summed E-state index contributed by atoms with van der Waals surface area (Å²) in [4.78, 5) is 38.2. The Labute approximate surface area is 448 Å². The van der Waals surface area contributed by atoms with Crippen molar-refractivity contribution in [1.29, 1.82) is 0 Å². The second-order valence-corrected chi connectivity index (χ2v) is 21.7. The highest BCUT2D eigenvalue weighted by molar-refractivity contribution is 5.71. The van der Waals surface area contributed by atoms with Crippen LogP contribution in [0.2, 0.25) is 0 Å². The lowest BCUT2D eigenvalue weighted by Crippen LogP contribution is -2.30. The van der Waals surface area contributed by atoms with Crippen LogP contribution in [-0.4, -0.2) is 37.2 Å². The quantitative estimate of drug-likeness (QED) is 0.0261. The second kappa shape index (κ2) is 61.2. The van der Waals surface area contributed by atoms with Crippen molar-refractivity contribution in [3.63, 3.8) is 0 Å². The van der Waals surface area contributed by atoms with Crippen LogP contribution in [0.3, 0.4) is 0 Å². The van der Waals surface area contributed by atoms with Gasteiger partial charge in [0.25, 0.3) is 0 Å². The lowest BCUT2D eigenvalue weighted by atomic mass is 10.0. The molecule has 0 saturated heterocycles. The van der Waals surface area contributed by atoms with Gasteiger partial charge in [0, 0.05) is 19.3 Å². The van der Waals surface area contributed by atoms with E-state index >= 15 is 0 Å². The maximum absolute atomic E-state index is 12.9. The van der Waals surface area contributed by atoms with Crippen LogP contribution in [0.1, 0.15) is 348 Å². The maximum atomic E-state index is 12.9. The highest BCUT2D eigenvalue weighted by Gasteiger charge is 2.19. The number of ether oxygens (including phenoxy) is 3. The number of carbonyl (C=O) groups excluding carboxylic acids is 3. The molecule has 0 aromatic rings. The third-order valence-corrected chi connectivity index (χ3v) is 14.3. The van der Waals surface area contributed by atoms with Crippen molar-refractivity contribution in [3.8, 4) is 0 Å². The number of esters is 3. The number of hydrogen-bond acceptors (Lipinski definition) is 6. The standard InChI is InChI=1S/C66H122O6/c1-4-7-10-13-16-19-22-24-26-28-30-32-33-35-36-38-40-42-44-47-50-53-56-59-65(68)71-62-63(61-70-64(67)58-55-52-49-46-21-18-15-12-9-6-3)72-66(69)60-57-54-51-48-45-43-41-39-37-34-31-29-27-25-23-20-17-14-11-8-5-2/h12,15,23,25,29,31,63H,4-11,13-14,16-22,24,26-28,30,32-62H2,1-3H3/b15-12-,25-23-,31-29-. The summed E-state index contributed by atoms with van der Waals surface area (Å²) in [6.45, 7) is 6.61. The Morgan fingerprint density at radius 1 is 0.278 bits per heavy atom. The smallest absolute Gasteiger partial charge is 0.306 e. The van der Waals surface area contributed by atoms with E-state index in [1.54, 1.807) is 0 Å². The molecule has 0 fully saturated rings. The molecule has 0 spiro atoms. The second-order valence-electron chi connectivity index (χ2n) is 21.7. The van der Waals surface area contributed by atoms with Gasteiger partial charge in [-0.2, -0.15) is 0 Å². The maximum Gasteiger partial charge on any atom is 0.306 e. The summed E-state index contributed by atoms with van der Waals surface area (Å²) in [5.74, 6) is -0.867. The monoisotopic (exact) mass is 1010 g/mol. The Kier molecular flexibility index (Phi) is 59.2. The van der Waals surface area contributed by atoms with Crippen molar-refractivity contribution in [2.24, 2.45) is 0 Å². The molecule has 1 atom stereocenters. The van der Waals surface area contributed by atoms with E-state index in [1.165, 1.54) is 231 Å². The number of hydrogen-bond donors (Lipinski definition) is 0. The average Bonchev–Trinajstić information content (AvgIpc) is 3.38. The van der Waals surface area contributed by atoms with Crippen molar-refractivity contribution >= 4 is 17.9 Å². The van der Waals surface area contributed by atoms with Gasteiger partial charge in [-0.3, -0.25) is 14.4 Å². The number of unbranched alkanes of at least 4 members (excludes halogenated alkanes) is 42. The Hall–Kier alpha value is -2.37. The molecule has 422 valence electrons. The fraction of sp³-hybridized carbons (Fsp3) is 0.864. The SMILES string of the molecule is CCC/C=C\CCCCCCCC(=O)OCC(COC(=O)CCCCCCCCCCCCCCCCCCCCCCCCC)OC(=O)CCCCCCCCCCC/C=C\C/C=C\CCCCCCC. The van der Waals surface area contributed by atoms with E-state index in [0.717, 1.165) is 77.0 Å². The van der Waals surface area contributed by atoms with Crippen LogP contribution < -0.4 is 0 Å². The Bertz CT molecular complexity index is 1210.